The van der Waals surface area contributed by atoms with E-state index in [4.69, 9.17) is 34.8 Å². The first-order valence-corrected chi connectivity index (χ1v) is 10.7. The van der Waals surface area contributed by atoms with Crippen molar-refractivity contribution in [2.45, 2.75) is 86.2 Å². The fraction of sp³-hybridized carbons (Fsp3) is 0.938. The molecule has 2 aliphatic rings. The molecule has 0 atom stereocenters. The van der Waals surface area contributed by atoms with Crippen molar-refractivity contribution in [3.05, 3.63) is 0 Å². The van der Waals surface area contributed by atoms with Crippen molar-refractivity contribution in [1.29, 1.82) is 0 Å². The molecule has 0 heterocycles. The molecular weight excluding hydrogens is 362 g/mol. The number of rotatable bonds is 3. The van der Waals surface area contributed by atoms with E-state index in [1.165, 1.54) is 47.1 Å². The van der Waals surface area contributed by atoms with Crippen LogP contribution in [0, 0.1) is 0 Å². The summed E-state index contributed by atoms with van der Waals surface area (Å²) in [7, 11) is 1.33. The number of esters is 1. The molecule has 2 saturated carbocycles. The molecule has 0 aromatic carbocycles. The van der Waals surface area contributed by atoms with Gasteiger partial charge in [-0.3, -0.25) is 0 Å². The third-order valence-corrected chi connectivity index (χ3v) is 6.75. The predicted octanol–water partition coefficient (Wildman–Crippen LogP) is 6.25. The first-order valence-electron chi connectivity index (χ1n) is 8.43. The maximum atomic E-state index is 10.4. The molecule has 0 saturated heterocycles. The van der Waals surface area contributed by atoms with Gasteiger partial charge in [-0.1, -0.05) is 73.3 Å². The number of hydrogen-bond donors (Lipinski definition) is 0. The van der Waals surface area contributed by atoms with Gasteiger partial charge in [0.2, 0.25) is 0 Å². The zero-order chi connectivity index (χ0) is 16.4. The molecule has 0 amide bonds. The number of halogens is 3. The molecule has 0 spiro atoms. The highest BCUT2D eigenvalue weighted by Gasteiger charge is 2.32. The van der Waals surface area contributed by atoms with Gasteiger partial charge >= 0.3 is 5.97 Å². The lowest BCUT2D eigenvalue weighted by Gasteiger charge is -2.28. The Labute approximate surface area is 151 Å². The highest BCUT2D eigenvalue weighted by molar-refractivity contribution is 7.39. The Morgan fingerprint density at radius 3 is 1.64 bits per heavy atom. The van der Waals surface area contributed by atoms with Crippen LogP contribution in [0.4, 0.5) is 0 Å². The minimum Gasteiger partial charge on any atom is -0.463 e. The molecule has 0 aliphatic heterocycles. The average molecular weight is 390 g/mol. The Morgan fingerprint density at radius 1 is 0.955 bits per heavy atom. The molecular formula is C16H28Cl3O2P. The summed E-state index contributed by atoms with van der Waals surface area (Å²) >= 11 is 15.4. The van der Waals surface area contributed by atoms with Crippen molar-refractivity contribution in [3.8, 4) is 0 Å². The maximum Gasteiger partial charge on any atom is 0.358 e. The Morgan fingerprint density at radius 2 is 1.36 bits per heavy atom. The molecule has 2 nitrogen and oxygen atoms in total. The van der Waals surface area contributed by atoms with E-state index >= 15 is 0 Å². The van der Waals surface area contributed by atoms with E-state index in [0.717, 1.165) is 11.3 Å². The first kappa shape index (κ1) is 20.8. The molecule has 22 heavy (non-hydrogen) atoms. The summed E-state index contributed by atoms with van der Waals surface area (Å²) in [6, 6.07) is 0. The summed E-state index contributed by atoms with van der Waals surface area (Å²) in [4.78, 5) is 10.4. The van der Waals surface area contributed by atoms with E-state index in [1.807, 2.05) is 0 Å². The molecule has 130 valence electrons. The van der Waals surface area contributed by atoms with Gasteiger partial charge in [0.05, 0.1) is 6.61 Å². The number of alkyl halides is 3. The Hall–Kier alpha value is 0.770. The van der Waals surface area contributed by atoms with Gasteiger partial charge in [0.15, 0.2) is 0 Å². The Balaban J connectivity index is 0.000000239. The summed E-state index contributed by atoms with van der Waals surface area (Å²) in [6.07, 6.45) is 15.4. The summed E-state index contributed by atoms with van der Waals surface area (Å²) in [5, 5.41) is 0. The average Bonchev–Trinajstić information content (AvgIpc) is 2.49. The van der Waals surface area contributed by atoms with Gasteiger partial charge in [-0.2, -0.15) is 0 Å². The zero-order valence-electron chi connectivity index (χ0n) is 13.4. The topological polar surface area (TPSA) is 26.3 Å². The molecule has 0 N–H and O–H groups in total. The van der Waals surface area contributed by atoms with E-state index in [0.29, 0.717) is 0 Å². The van der Waals surface area contributed by atoms with Crippen LogP contribution in [0.3, 0.4) is 0 Å². The zero-order valence-corrected chi connectivity index (χ0v) is 16.7. The minimum absolute atomic E-state index is 0.215. The van der Waals surface area contributed by atoms with Crippen molar-refractivity contribution in [2.75, 3.05) is 6.61 Å². The molecule has 0 bridgehead atoms. The third kappa shape index (κ3) is 9.16. The van der Waals surface area contributed by atoms with E-state index < -0.39 is 9.76 Å². The molecule has 0 aromatic heterocycles. The third-order valence-electron chi connectivity index (χ3n) is 4.19. The lowest BCUT2D eigenvalue weighted by molar-refractivity contribution is -0.141. The lowest BCUT2D eigenvalue weighted by atomic mass is 10.00. The van der Waals surface area contributed by atoms with E-state index in [2.05, 4.69) is 4.74 Å². The largest absolute Gasteiger partial charge is 0.463 e. The summed E-state index contributed by atoms with van der Waals surface area (Å²) < 4.78 is 2.44. The van der Waals surface area contributed by atoms with Gasteiger partial charge in [-0.05, 0) is 43.9 Å². The van der Waals surface area contributed by atoms with Crippen molar-refractivity contribution in [3.63, 3.8) is 0 Å². The summed E-state index contributed by atoms with van der Waals surface area (Å²) in [5.41, 5.74) is 2.30. The highest BCUT2D eigenvalue weighted by atomic mass is 35.6. The maximum absolute atomic E-state index is 10.4. The monoisotopic (exact) mass is 388 g/mol. The van der Waals surface area contributed by atoms with E-state index in [-0.39, 0.29) is 6.61 Å². The predicted molar refractivity (Wildman–Crippen MR) is 99.0 cm³/mol. The van der Waals surface area contributed by atoms with Crippen LogP contribution in [0.1, 0.15) is 71.1 Å². The van der Waals surface area contributed by atoms with E-state index in [9.17, 15) is 4.79 Å². The second-order valence-electron chi connectivity index (χ2n) is 6.05. The SMILES string of the molecule is C1CCC(PC2CCCCC2)CC1.CCOC(=O)C(Cl)(Cl)Cl. The first-order chi connectivity index (χ1) is 10.4. The number of carbonyl (C=O) groups is 1. The standard InChI is InChI=1S/C12H23P.C4H5Cl3O2/c1-3-7-11(8-4-1)13-12-9-5-2-6-10-12;1-2-9-3(8)4(5,6)7/h11-13H,1-10H2;2H2,1H3. The van der Waals surface area contributed by atoms with Crippen LogP contribution in [-0.4, -0.2) is 27.7 Å². The Kier molecular flexibility index (Phi) is 10.7. The molecule has 0 unspecified atom stereocenters. The van der Waals surface area contributed by atoms with Crippen molar-refractivity contribution in [2.24, 2.45) is 0 Å². The van der Waals surface area contributed by atoms with Gasteiger partial charge in [0.25, 0.3) is 3.79 Å². The van der Waals surface area contributed by atoms with Crippen molar-refractivity contribution in [1.82, 2.24) is 0 Å². The van der Waals surface area contributed by atoms with Crippen LogP contribution in [-0.2, 0) is 9.53 Å². The van der Waals surface area contributed by atoms with Crippen molar-refractivity contribution >= 4 is 49.4 Å². The van der Waals surface area contributed by atoms with Crippen LogP contribution >= 0.6 is 43.4 Å². The fourth-order valence-corrected chi connectivity index (χ4v) is 5.40. The van der Waals surface area contributed by atoms with Gasteiger partial charge in [-0.25, -0.2) is 4.79 Å². The van der Waals surface area contributed by atoms with Gasteiger partial charge < -0.3 is 4.74 Å². The summed E-state index contributed by atoms with van der Waals surface area (Å²) in [6.45, 7) is 1.85. The molecule has 2 aliphatic carbocycles. The number of hydrogen-bond acceptors (Lipinski definition) is 2. The quantitative estimate of drug-likeness (QED) is 0.324. The second-order valence-corrected chi connectivity index (χ2v) is 10.3. The van der Waals surface area contributed by atoms with Crippen LogP contribution in [0.25, 0.3) is 0 Å². The summed E-state index contributed by atoms with van der Waals surface area (Å²) in [5.74, 6) is -0.838. The van der Waals surface area contributed by atoms with Crippen LogP contribution in [0.2, 0.25) is 0 Å². The van der Waals surface area contributed by atoms with Crippen LogP contribution in [0.5, 0.6) is 0 Å². The van der Waals surface area contributed by atoms with E-state index in [1.54, 1.807) is 32.6 Å². The molecule has 2 rings (SSSR count). The van der Waals surface area contributed by atoms with Crippen LogP contribution < -0.4 is 0 Å². The normalized spacial score (nSPS) is 20.9. The second kappa shape index (κ2) is 11.3. The fourth-order valence-electron chi connectivity index (χ4n) is 3.08. The van der Waals surface area contributed by atoms with Crippen LogP contribution in [0.15, 0.2) is 0 Å². The smallest absolute Gasteiger partial charge is 0.358 e. The van der Waals surface area contributed by atoms with Gasteiger partial charge in [-0.15, -0.1) is 8.58 Å². The number of ether oxygens (including phenoxy) is 1. The molecule has 2 fully saturated rings. The highest BCUT2D eigenvalue weighted by Crippen LogP contribution is 2.41. The van der Waals surface area contributed by atoms with Gasteiger partial charge in [0, 0.05) is 0 Å². The molecule has 6 heteroatoms. The van der Waals surface area contributed by atoms with Crippen molar-refractivity contribution < 1.29 is 9.53 Å². The molecule has 0 aromatic rings. The van der Waals surface area contributed by atoms with Gasteiger partial charge in [0.1, 0.15) is 0 Å². The Bertz CT molecular complexity index is 293. The number of carbonyl (C=O) groups excluding carboxylic acids is 1. The lowest BCUT2D eigenvalue weighted by Crippen LogP contribution is -2.21. The molecule has 0 radical (unpaired) electrons. The minimum atomic E-state index is -1.93.